The maximum Gasteiger partial charge on any atom is 0.252 e. The summed E-state index contributed by atoms with van der Waals surface area (Å²) in [5.41, 5.74) is 5.55. The maximum absolute atomic E-state index is 12.4. The lowest BCUT2D eigenvalue weighted by Crippen LogP contribution is -2.41. The summed E-state index contributed by atoms with van der Waals surface area (Å²) in [6.07, 6.45) is 1.07. The van der Waals surface area contributed by atoms with E-state index in [0.717, 1.165) is 11.3 Å². The molecule has 2 rings (SSSR count). The summed E-state index contributed by atoms with van der Waals surface area (Å²) < 4.78 is 27.1. The highest BCUT2D eigenvalue weighted by Crippen LogP contribution is 2.36. The van der Waals surface area contributed by atoms with Gasteiger partial charge < -0.3 is 10.9 Å². The highest BCUT2D eigenvalue weighted by atomic mass is 79.9. The van der Waals surface area contributed by atoms with Crippen molar-refractivity contribution in [2.75, 3.05) is 13.1 Å². The fraction of sp³-hybridized carbons (Fsp3) is 0.500. The van der Waals surface area contributed by atoms with Crippen LogP contribution in [0.15, 0.2) is 19.2 Å². The Morgan fingerprint density at radius 1 is 1.55 bits per heavy atom. The largest absolute Gasteiger partial charge is 0.409 e. The summed E-state index contributed by atoms with van der Waals surface area (Å²) >= 11 is 10.2. The fourth-order valence-corrected chi connectivity index (χ4v) is 6.08. The molecule has 1 aliphatic rings. The number of oxime groups is 1. The molecule has 0 unspecified atom stereocenters. The molecule has 0 spiro atoms. The summed E-state index contributed by atoms with van der Waals surface area (Å²) in [5.74, 6) is 0.0778. The third kappa shape index (κ3) is 3.11. The first-order valence-corrected chi connectivity index (χ1v) is 9.21. The molecule has 1 aromatic heterocycles. The average Bonchev–Trinajstić information content (AvgIpc) is 2.78. The number of halogens is 2. The average molecular weight is 403 g/mol. The van der Waals surface area contributed by atoms with Gasteiger partial charge in [0.25, 0.3) is 10.0 Å². The molecular weight excluding hydrogens is 390 g/mol. The molecule has 0 radical (unpaired) electrons. The zero-order chi connectivity index (χ0) is 14.9. The number of hydrogen-bond donors (Lipinski definition) is 2. The summed E-state index contributed by atoms with van der Waals surface area (Å²) in [7, 11) is -3.53. The van der Waals surface area contributed by atoms with Crippen LogP contribution in [0.4, 0.5) is 0 Å². The topological polar surface area (TPSA) is 96.0 Å². The number of nitrogens with two attached hydrogens (primary N) is 1. The van der Waals surface area contributed by atoms with Gasteiger partial charge in [-0.05, 0) is 34.8 Å². The van der Waals surface area contributed by atoms with E-state index in [4.69, 9.17) is 22.5 Å². The van der Waals surface area contributed by atoms with Gasteiger partial charge in [-0.2, -0.15) is 4.31 Å². The lowest BCUT2D eigenvalue weighted by atomic mass is 9.97. The molecular formula is C10H13BrClN3O3S2. The molecule has 1 saturated heterocycles. The molecule has 0 aliphatic carbocycles. The Bertz CT molecular complexity index is 604. The van der Waals surface area contributed by atoms with Crippen molar-refractivity contribution in [3.8, 4) is 0 Å². The van der Waals surface area contributed by atoms with E-state index in [0.29, 0.717) is 34.7 Å². The molecule has 3 N–H and O–H groups in total. The quantitative estimate of drug-likeness (QED) is 0.351. The van der Waals surface area contributed by atoms with E-state index >= 15 is 0 Å². The molecule has 1 aromatic rings. The van der Waals surface area contributed by atoms with Crippen molar-refractivity contribution in [3.63, 3.8) is 0 Å². The normalized spacial score (nSPS) is 19.4. The van der Waals surface area contributed by atoms with Gasteiger partial charge in [-0.1, -0.05) is 16.8 Å². The van der Waals surface area contributed by atoms with E-state index in [2.05, 4.69) is 21.1 Å². The highest BCUT2D eigenvalue weighted by molar-refractivity contribution is 9.11. The first-order valence-electron chi connectivity index (χ1n) is 5.78. The van der Waals surface area contributed by atoms with E-state index < -0.39 is 10.0 Å². The van der Waals surface area contributed by atoms with Crippen LogP contribution >= 0.6 is 38.9 Å². The van der Waals surface area contributed by atoms with Crippen LogP contribution in [-0.2, 0) is 10.0 Å². The van der Waals surface area contributed by atoms with Crippen LogP contribution in [0.5, 0.6) is 0 Å². The predicted octanol–water partition coefficient (Wildman–Crippen LogP) is 2.31. The van der Waals surface area contributed by atoms with E-state index in [1.54, 1.807) is 0 Å². The van der Waals surface area contributed by atoms with Gasteiger partial charge in [-0.3, -0.25) is 0 Å². The van der Waals surface area contributed by atoms with Crippen LogP contribution in [-0.4, -0.2) is 36.9 Å². The lowest BCUT2D eigenvalue weighted by molar-refractivity contribution is 0.291. The second-order valence-corrected chi connectivity index (χ2v) is 9.33. The van der Waals surface area contributed by atoms with Crippen LogP contribution < -0.4 is 5.73 Å². The van der Waals surface area contributed by atoms with Gasteiger partial charge in [-0.15, -0.1) is 11.3 Å². The Morgan fingerprint density at radius 3 is 2.60 bits per heavy atom. The predicted molar refractivity (Wildman–Crippen MR) is 81.9 cm³/mol. The van der Waals surface area contributed by atoms with E-state index in [1.165, 1.54) is 10.4 Å². The van der Waals surface area contributed by atoms with Crippen molar-refractivity contribution in [3.05, 3.63) is 14.9 Å². The second-order valence-electron chi connectivity index (χ2n) is 4.39. The number of thiophene rings is 1. The smallest absolute Gasteiger partial charge is 0.252 e. The van der Waals surface area contributed by atoms with E-state index in [9.17, 15) is 8.42 Å². The highest BCUT2D eigenvalue weighted by Gasteiger charge is 2.32. The van der Waals surface area contributed by atoms with Gasteiger partial charge in [0, 0.05) is 19.0 Å². The van der Waals surface area contributed by atoms with Crippen LogP contribution in [0.25, 0.3) is 0 Å². The number of sulfonamides is 1. The van der Waals surface area contributed by atoms with Gasteiger partial charge >= 0.3 is 0 Å². The first kappa shape index (κ1) is 16.0. The van der Waals surface area contributed by atoms with Crippen molar-refractivity contribution >= 4 is 54.7 Å². The lowest BCUT2D eigenvalue weighted by Gasteiger charge is -2.30. The molecule has 10 heteroatoms. The number of nitrogens with zero attached hydrogens (tertiary/aromatic N) is 2. The summed E-state index contributed by atoms with van der Waals surface area (Å²) in [6.45, 7) is 0.687. The Kier molecular flexibility index (Phi) is 4.96. The van der Waals surface area contributed by atoms with Crippen molar-refractivity contribution in [1.29, 1.82) is 0 Å². The number of rotatable bonds is 3. The molecule has 6 nitrogen and oxygen atoms in total. The monoisotopic (exact) mass is 401 g/mol. The first-order chi connectivity index (χ1) is 9.36. The molecule has 1 aliphatic heterocycles. The summed E-state index contributed by atoms with van der Waals surface area (Å²) in [4.78, 5) is 0. The zero-order valence-corrected chi connectivity index (χ0v) is 14.3. The van der Waals surface area contributed by atoms with Crippen molar-refractivity contribution in [2.45, 2.75) is 17.1 Å². The van der Waals surface area contributed by atoms with Gasteiger partial charge in [0.1, 0.15) is 10.0 Å². The van der Waals surface area contributed by atoms with Crippen LogP contribution in [0.1, 0.15) is 12.8 Å². The summed E-state index contributed by atoms with van der Waals surface area (Å²) in [6, 6.07) is 1.45. The minimum Gasteiger partial charge on any atom is -0.409 e. The molecule has 0 amide bonds. The molecule has 20 heavy (non-hydrogen) atoms. The number of piperidine rings is 1. The van der Waals surface area contributed by atoms with Crippen molar-refractivity contribution in [1.82, 2.24) is 4.31 Å². The minimum absolute atomic E-state index is 0.0786. The zero-order valence-electron chi connectivity index (χ0n) is 10.3. The molecule has 2 heterocycles. The van der Waals surface area contributed by atoms with Gasteiger partial charge in [0.05, 0.1) is 8.81 Å². The van der Waals surface area contributed by atoms with Gasteiger partial charge in [0.2, 0.25) is 0 Å². The number of hydrogen-bond acceptors (Lipinski definition) is 5. The van der Waals surface area contributed by atoms with Crippen molar-refractivity contribution in [2.24, 2.45) is 16.8 Å². The second kappa shape index (κ2) is 6.18. The Morgan fingerprint density at radius 2 is 2.15 bits per heavy atom. The Hall–Kier alpha value is -0.350. The van der Waals surface area contributed by atoms with E-state index in [1.807, 2.05) is 0 Å². The van der Waals surface area contributed by atoms with Gasteiger partial charge in [-0.25, -0.2) is 8.42 Å². The molecule has 0 aromatic carbocycles. The van der Waals surface area contributed by atoms with Crippen LogP contribution in [0.2, 0.25) is 5.02 Å². The van der Waals surface area contributed by atoms with E-state index in [-0.39, 0.29) is 16.0 Å². The minimum atomic E-state index is -3.53. The molecule has 0 saturated carbocycles. The van der Waals surface area contributed by atoms with Crippen molar-refractivity contribution < 1.29 is 13.6 Å². The Balaban J connectivity index is 2.13. The third-order valence-electron chi connectivity index (χ3n) is 3.20. The third-order valence-corrected chi connectivity index (χ3v) is 8.03. The number of amidine groups is 1. The fourth-order valence-electron chi connectivity index (χ4n) is 2.05. The standard InChI is InChI=1S/C10H13BrClN3O3S2/c11-9-7(12)5-8(19-9)20(17,18)15-3-1-6(2-4-15)10(13)14-16/h5-6,16H,1-4H2,(H2,13,14). The maximum atomic E-state index is 12.4. The molecule has 1 fully saturated rings. The summed E-state index contributed by atoms with van der Waals surface area (Å²) in [5, 5.41) is 12.0. The van der Waals surface area contributed by atoms with Crippen LogP contribution in [0, 0.1) is 5.92 Å². The van der Waals surface area contributed by atoms with Crippen LogP contribution in [0.3, 0.4) is 0 Å². The molecule has 0 atom stereocenters. The SMILES string of the molecule is NC(=NO)C1CCN(S(=O)(=O)c2cc(Cl)c(Br)s2)CC1. The van der Waals surface area contributed by atoms with Gasteiger partial charge in [0.15, 0.2) is 0 Å². The Labute approximate surface area is 134 Å². The molecule has 0 bridgehead atoms. The molecule has 112 valence electrons.